The van der Waals surface area contributed by atoms with E-state index < -0.39 is 0 Å². The van der Waals surface area contributed by atoms with E-state index >= 15 is 0 Å². The molecule has 4 nitrogen and oxygen atoms in total. The van der Waals surface area contributed by atoms with E-state index in [1.807, 2.05) is 0 Å². The number of aromatic nitrogens is 2. The highest BCUT2D eigenvalue weighted by Crippen LogP contribution is 2.37. The van der Waals surface area contributed by atoms with Gasteiger partial charge in [-0.25, -0.2) is 0 Å². The summed E-state index contributed by atoms with van der Waals surface area (Å²) < 4.78 is 0. The van der Waals surface area contributed by atoms with Gasteiger partial charge in [-0.3, -0.25) is 21.2 Å². The normalized spacial score (nSPS) is 27.9. The first-order chi connectivity index (χ1) is 7.31. The molecular formula is C11H18N4. The van der Waals surface area contributed by atoms with Crippen molar-refractivity contribution < 1.29 is 0 Å². The number of rotatable bonds is 3. The van der Waals surface area contributed by atoms with E-state index in [9.17, 15) is 0 Å². The Bertz CT molecular complexity index is 301. The van der Waals surface area contributed by atoms with Gasteiger partial charge in [0, 0.05) is 12.4 Å². The van der Waals surface area contributed by atoms with E-state index in [-0.39, 0.29) is 6.04 Å². The van der Waals surface area contributed by atoms with E-state index in [1.54, 1.807) is 18.6 Å². The largest absolute Gasteiger partial charge is 0.271 e. The molecule has 0 aromatic carbocycles. The van der Waals surface area contributed by atoms with Gasteiger partial charge in [-0.1, -0.05) is 13.3 Å². The van der Waals surface area contributed by atoms with Crippen LogP contribution in [0, 0.1) is 11.8 Å². The Morgan fingerprint density at radius 3 is 2.87 bits per heavy atom. The van der Waals surface area contributed by atoms with Gasteiger partial charge >= 0.3 is 0 Å². The molecule has 15 heavy (non-hydrogen) atoms. The maximum absolute atomic E-state index is 5.61. The fourth-order valence-electron chi connectivity index (χ4n) is 2.49. The van der Waals surface area contributed by atoms with Crippen LogP contribution in [0.2, 0.25) is 0 Å². The van der Waals surface area contributed by atoms with Crippen molar-refractivity contribution in [1.29, 1.82) is 0 Å². The van der Waals surface area contributed by atoms with Crippen LogP contribution in [0.4, 0.5) is 0 Å². The molecule has 0 radical (unpaired) electrons. The third-order valence-electron chi connectivity index (χ3n) is 3.29. The van der Waals surface area contributed by atoms with Crippen molar-refractivity contribution in [3.8, 4) is 0 Å². The zero-order valence-corrected chi connectivity index (χ0v) is 9.06. The zero-order chi connectivity index (χ0) is 10.7. The molecule has 3 atom stereocenters. The molecule has 3 unspecified atom stereocenters. The predicted octanol–water partition coefficient (Wildman–Crippen LogP) is 1.42. The number of nitrogens with zero attached hydrogens (tertiary/aromatic N) is 2. The smallest absolute Gasteiger partial charge is 0.0772 e. The minimum absolute atomic E-state index is 0.156. The van der Waals surface area contributed by atoms with Crippen LogP contribution in [-0.2, 0) is 0 Å². The molecule has 2 rings (SSSR count). The van der Waals surface area contributed by atoms with E-state index in [0.717, 1.165) is 11.6 Å². The van der Waals surface area contributed by atoms with Crippen LogP contribution in [-0.4, -0.2) is 9.97 Å². The summed E-state index contributed by atoms with van der Waals surface area (Å²) in [6.45, 7) is 2.30. The summed E-state index contributed by atoms with van der Waals surface area (Å²) in [6, 6.07) is 0.156. The summed E-state index contributed by atoms with van der Waals surface area (Å²) in [7, 11) is 0. The molecule has 3 N–H and O–H groups in total. The maximum Gasteiger partial charge on any atom is 0.0772 e. The minimum atomic E-state index is 0.156. The monoisotopic (exact) mass is 206 g/mol. The van der Waals surface area contributed by atoms with Gasteiger partial charge in [0.15, 0.2) is 0 Å². The summed E-state index contributed by atoms with van der Waals surface area (Å²) in [5.74, 6) is 7.02. The fourth-order valence-corrected chi connectivity index (χ4v) is 2.49. The summed E-state index contributed by atoms with van der Waals surface area (Å²) in [4.78, 5) is 8.40. The molecule has 0 bridgehead atoms. The first-order valence-corrected chi connectivity index (χ1v) is 5.53. The minimum Gasteiger partial charge on any atom is -0.271 e. The van der Waals surface area contributed by atoms with Crippen LogP contribution in [0.5, 0.6) is 0 Å². The predicted molar refractivity (Wildman–Crippen MR) is 58.6 cm³/mol. The second-order valence-corrected chi connectivity index (χ2v) is 4.45. The van der Waals surface area contributed by atoms with E-state index in [2.05, 4.69) is 22.3 Å². The molecule has 1 aliphatic rings. The number of hydrazine groups is 1. The molecule has 82 valence electrons. The first-order valence-electron chi connectivity index (χ1n) is 5.53. The van der Waals surface area contributed by atoms with Crippen molar-refractivity contribution in [3.05, 3.63) is 24.3 Å². The van der Waals surface area contributed by atoms with Crippen LogP contribution in [0.25, 0.3) is 0 Å². The van der Waals surface area contributed by atoms with Gasteiger partial charge in [0.1, 0.15) is 0 Å². The lowest BCUT2D eigenvalue weighted by atomic mass is 9.95. The number of nitrogens with two attached hydrogens (primary N) is 1. The Kier molecular flexibility index (Phi) is 3.28. The molecule has 1 fully saturated rings. The molecule has 1 aliphatic carbocycles. The number of hydrogen-bond acceptors (Lipinski definition) is 4. The maximum atomic E-state index is 5.61. The average Bonchev–Trinajstić information content (AvgIpc) is 2.68. The van der Waals surface area contributed by atoms with Gasteiger partial charge in [0.25, 0.3) is 0 Å². The van der Waals surface area contributed by atoms with Gasteiger partial charge in [-0.15, -0.1) is 0 Å². The number of nitrogens with one attached hydrogen (secondary N) is 1. The van der Waals surface area contributed by atoms with Crippen molar-refractivity contribution in [2.75, 3.05) is 0 Å². The molecule has 0 spiro atoms. The van der Waals surface area contributed by atoms with E-state index in [1.165, 1.54) is 19.3 Å². The lowest BCUT2D eigenvalue weighted by molar-refractivity contribution is 0.356. The topological polar surface area (TPSA) is 63.8 Å². The molecule has 1 heterocycles. The third kappa shape index (κ3) is 2.33. The van der Waals surface area contributed by atoms with Crippen LogP contribution in [0.3, 0.4) is 0 Å². The lowest BCUT2D eigenvalue weighted by Gasteiger charge is -2.21. The molecule has 0 amide bonds. The second-order valence-electron chi connectivity index (χ2n) is 4.45. The summed E-state index contributed by atoms with van der Waals surface area (Å²) >= 11 is 0. The van der Waals surface area contributed by atoms with Crippen molar-refractivity contribution in [2.45, 2.75) is 32.2 Å². The molecule has 0 aliphatic heterocycles. The average molecular weight is 206 g/mol. The highest BCUT2D eigenvalue weighted by molar-refractivity contribution is 5.04. The SMILES string of the molecule is CC1CCC(C(NN)c2cnccn2)C1. The summed E-state index contributed by atoms with van der Waals surface area (Å²) in [6.07, 6.45) is 8.96. The molecular weight excluding hydrogens is 188 g/mol. The third-order valence-corrected chi connectivity index (χ3v) is 3.29. The van der Waals surface area contributed by atoms with Crippen LogP contribution >= 0.6 is 0 Å². The van der Waals surface area contributed by atoms with Crippen LogP contribution in [0.15, 0.2) is 18.6 Å². The highest BCUT2D eigenvalue weighted by Gasteiger charge is 2.29. The van der Waals surface area contributed by atoms with Crippen molar-refractivity contribution in [2.24, 2.45) is 17.7 Å². The Morgan fingerprint density at radius 2 is 2.33 bits per heavy atom. The molecule has 1 aromatic rings. The zero-order valence-electron chi connectivity index (χ0n) is 9.06. The standard InChI is InChI=1S/C11H18N4/c1-8-2-3-9(6-8)11(15-12)10-7-13-4-5-14-10/h4-5,7-9,11,15H,2-3,6,12H2,1H3. The van der Waals surface area contributed by atoms with Crippen molar-refractivity contribution >= 4 is 0 Å². The van der Waals surface area contributed by atoms with Gasteiger partial charge < -0.3 is 0 Å². The first kappa shape index (κ1) is 10.5. The van der Waals surface area contributed by atoms with Gasteiger partial charge in [-0.05, 0) is 24.7 Å². The Balaban J connectivity index is 2.11. The number of hydrogen-bond donors (Lipinski definition) is 2. The van der Waals surface area contributed by atoms with Gasteiger partial charge in [0.2, 0.25) is 0 Å². The summed E-state index contributed by atoms with van der Waals surface area (Å²) in [5.41, 5.74) is 3.84. The van der Waals surface area contributed by atoms with Gasteiger partial charge in [-0.2, -0.15) is 0 Å². The van der Waals surface area contributed by atoms with Crippen LogP contribution < -0.4 is 11.3 Å². The second kappa shape index (κ2) is 4.68. The highest BCUT2D eigenvalue weighted by atomic mass is 15.2. The lowest BCUT2D eigenvalue weighted by Crippen LogP contribution is -2.33. The Hall–Kier alpha value is -1.00. The Morgan fingerprint density at radius 1 is 1.47 bits per heavy atom. The van der Waals surface area contributed by atoms with Crippen molar-refractivity contribution in [1.82, 2.24) is 15.4 Å². The van der Waals surface area contributed by atoms with E-state index in [4.69, 9.17) is 5.84 Å². The Labute approximate surface area is 90.3 Å². The van der Waals surface area contributed by atoms with E-state index in [0.29, 0.717) is 5.92 Å². The molecule has 1 saturated carbocycles. The molecule has 1 aromatic heterocycles. The molecule has 0 saturated heterocycles. The van der Waals surface area contributed by atoms with Crippen LogP contribution in [0.1, 0.15) is 37.9 Å². The van der Waals surface area contributed by atoms with Crippen molar-refractivity contribution in [3.63, 3.8) is 0 Å². The fraction of sp³-hybridized carbons (Fsp3) is 0.636. The molecule has 4 heteroatoms. The van der Waals surface area contributed by atoms with Gasteiger partial charge in [0.05, 0.1) is 17.9 Å². The summed E-state index contributed by atoms with van der Waals surface area (Å²) in [5, 5.41) is 0. The quantitative estimate of drug-likeness (QED) is 0.580.